The second-order valence-corrected chi connectivity index (χ2v) is 15.9. The molecule has 5 heterocycles. The van der Waals surface area contributed by atoms with Gasteiger partial charge in [0.1, 0.15) is 11.2 Å². The van der Waals surface area contributed by atoms with Gasteiger partial charge >= 0.3 is 0 Å². The summed E-state index contributed by atoms with van der Waals surface area (Å²) in [6.45, 7) is 0. The van der Waals surface area contributed by atoms with Crippen molar-refractivity contribution in [3.8, 4) is 34.4 Å². The summed E-state index contributed by atoms with van der Waals surface area (Å²) >= 11 is 1.81. The van der Waals surface area contributed by atoms with Crippen LogP contribution in [-0.2, 0) is 0 Å². The maximum absolute atomic E-state index is 6.46. The van der Waals surface area contributed by atoms with Crippen molar-refractivity contribution in [2.45, 2.75) is 0 Å². The van der Waals surface area contributed by atoms with Gasteiger partial charge in [-0.1, -0.05) is 109 Å². The highest BCUT2D eigenvalue weighted by Crippen LogP contribution is 2.43. The van der Waals surface area contributed by atoms with Gasteiger partial charge in [-0.2, -0.15) is 9.97 Å². The highest BCUT2D eigenvalue weighted by Gasteiger charge is 2.23. The molecule has 0 fully saturated rings. The first-order chi connectivity index (χ1) is 28.7. The number of fused-ring (bicyclic) bond motifs is 13. The van der Waals surface area contributed by atoms with Crippen LogP contribution in [0, 0.1) is 0 Å². The monoisotopic (exact) mass is 759 g/mol. The fraction of sp³-hybridized carbons (Fsp3) is 0. The Hall–Kier alpha value is -7.61. The Kier molecular flexibility index (Phi) is 6.50. The third-order valence-corrected chi connectivity index (χ3v) is 12.7. The predicted octanol–water partition coefficient (Wildman–Crippen LogP) is 13.7. The molecule has 0 spiro atoms. The SMILES string of the molecule is c1ccc(-c2nc(-c3ccc4sc5ccccc5c4c3)nc(-n3c4cc(-n5c6ccccc6c6ccccc65)ccc4c4c5c(ccc43)oc3ccccc35)n2)cc1. The van der Waals surface area contributed by atoms with E-state index in [1.54, 1.807) is 11.3 Å². The number of aromatic nitrogens is 5. The number of benzene rings is 8. The summed E-state index contributed by atoms with van der Waals surface area (Å²) in [5.74, 6) is 1.77. The lowest BCUT2D eigenvalue weighted by Crippen LogP contribution is -2.06. The molecule has 0 radical (unpaired) electrons. The van der Waals surface area contributed by atoms with Crippen LogP contribution in [0.1, 0.15) is 0 Å². The molecule has 0 N–H and O–H groups in total. The average Bonchev–Trinajstić information content (AvgIpc) is 4.03. The van der Waals surface area contributed by atoms with Crippen LogP contribution in [0.25, 0.3) is 120 Å². The summed E-state index contributed by atoms with van der Waals surface area (Å²) < 4.78 is 13.5. The van der Waals surface area contributed by atoms with Crippen LogP contribution < -0.4 is 0 Å². The van der Waals surface area contributed by atoms with Crippen LogP contribution in [0.4, 0.5) is 0 Å². The fourth-order valence-electron chi connectivity index (χ4n) is 9.04. The van der Waals surface area contributed by atoms with Crippen LogP contribution in [-0.4, -0.2) is 24.1 Å². The minimum absolute atomic E-state index is 0.547. The lowest BCUT2D eigenvalue weighted by atomic mass is 10.1. The zero-order valence-corrected chi connectivity index (χ0v) is 31.6. The number of nitrogens with zero attached hydrogens (tertiary/aromatic N) is 5. The highest BCUT2D eigenvalue weighted by molar-refractivity contribution is 7.25. The maximum Gasteiger partial charge on any atom is 0.238 e. The summed E-state index contributed by atoms with van der Waals surface area (Å²) in [6.07, 6.45) is 0. The first-order valence-electron chi connectivity index (χ1n) is 19.4. The average molecular weight is 760 g/mol. The quantitative estimate of drug-likeness (QED) is 0.179. The molecule has 0 aliphatic rings. The van der Waals surface area contributed by atoms with Crippen molar-refractivity contribution in [1.29, 1.82) is 0 Å². The molecule has 0 amide bonds. The largest absolute Gasteiger partial charge is 0.456 e. The van der Waals surface area contributed by atoms with Gasteiger partial charge in [-0.15, -0.1) is 11.3 Å². The Bertz CT molecular complexity index is 3760. The summed E-state index contributed by atoms with van der Waals surface area (Å²) in [4.78, 5) is 15.9. The molecule has 0 aliphatic carbocycles. The number of para-hydroxylation sites is 3. The van der Waals surface area contributed by atoms with Crippen LogP contribution in [0.2, 0.25) is 0 Å². The molecule has 0 bridgehead atoms. The molecule has 13 rings (SSSR count). The van der Waals surface area contributed by atoms with E-state index in [0.717, 1.165) is 71.6 Å². The molecule has 270 valence electrons. The summed E-state index contributed by atoms with van der Waals surface area (Å²) in [5.41, 5.74) is 8.89. The Labute approximate surface area is 334 Å². The molecule has 0 saturated heterocycles. The Balaban J connectivity index is 1.15. The van der Waals surface area contributed by atoms with Gasteiger partial charge in [0.15, 0.2) is 11.6 Å². The molecule has 13 aromatic rings. The predicted molar refractivity (Wildman–Crippen MR) is 240 cm³/mol. The Morgan fingerprint density at radius 2 is 1.05 bits per heavy atom. The molecule has 6 nitrogen and oxygen atoms in total. The van der Waals surface area contributed by atoms with Crippen LogP contribution in [0.15, 0.2) is 180 Å². The van der Waals surface area contributed by atoms with Gasteiger partial charge in [-0.25, -0.2) is 4.98 Å². The molecule has 0 atom stereocenters. The highest BCUT2D eigenvalue weighted by atomic mass is 32.1. The lowest BCUT2D eigenvalue weighted by molar-refractivity contribution is 0.669. The first kappa shape index (κ1) is 31.6. The van der Waals surface area contributed by atoms with Gasteiger partial charge < -0.3 is 8.98 Å². The van der Waals surface area contributed by atoms with Crippen molar-refractivity contribution in [3.05, 3.63) is 176 Å². The van der Waals surface area contributed by atoms with Crippen molar-refractivity contribution in [2.24, 2.45) is 0 Å². The molecule has 0 aliphatic heterocycles. The topological polar surface area (TPSA) is 61.7 Å². The van der Waals surface area contributed by atoms with Crippen LogP contribution in [0.5, 0.6) is 0 Å². The number of hydrogen-bond acceptors (Lipinski definition) is 5. The molecule has 0 unspecified atom stereocenters. The summed E-state index contributed by atoms with van der Waals surface area (Å²) in [7, 11) is 0. The van der Waals surface area contributed by atoms with Crippen molar-refractivity contribution in [1.82, 2.24) is 24.1 Å². The third kappa shape index (κ3) is 4.50. The second-order valence-electron chi connectivity index (χ2n) is 14.8. The van der Waals surface area contributed by atoms with Crippen molar-refractivity contribution < 1.29 is 4.42 Å². The molecular weight excluding hydrogens is 731 g/mol. The van der Waals surface area contributed by atoms with E-state index in [-0.39, 0.29) is 0 Å². The molecule has 8 aromatic carbocycles. The van der Waals surface area contributed by atoms with Gasteiger partial charge in [-0.05, 0) is 66.7 Å². The van der Waals surface area contributed by atoms with E-state index in [0.29, 0.717) is 17.6 Å². The van der Waals surface area contributed by atoms with E-state index in [2.05, 4.69) is 155 Å². The Morgan fingerprint density at radius 3 is 1.86 bits per heavy atom. The van der Waals surface area contributed by atoms with E-state index in [4.69, 9.17) is 19.4 Å². The molecule has 0 saturated carbocycles. The number of furan rings is 1. The second kappa shape index (κ2) is 11.9. The van der Waals surface area contributed by atoms with E-state index in [1.165, 1.54) is 30.9 Å². The van der Waals surface area contributed by atoms with Crippen LogP contribution >= 0.6 is 11.3 Å². The van der Waals surface area contributed by atoms with Crippen molar-refractivity contribution in [3.63, 3.8) is 0 Å². The standard InChI is InChI=1S/C51H29N5OS/c1-2-12-30(13-3-1)49-52-50(31-22-27-46-38(28-31)35-16-7-11-21-45(35)58-46)54-51(53-49)56-41-25-26-44-48(37-17-6-10-20-43(37)57-44)47(41)36-24-23-32(29-42(36)56)55-39-18-8-4-14-33(39)34-15-5-9-19-40(34)55/h1-29H. The molecule has 58 heavy (non-hydrogen) atoms. The van der Waals surface area contributed by atoms with Gasteiger partial charge in [0, 0.05) is 69.3 Å². The van der Waals surface area contributed by atoms with Crippen LogP contribution in [0.3, 0.4) is 0 Å². The van der Waals surface area contributed by atoms with Crippen molar-refractivity contribution in [2.75, 3.05) is 0 Å². The minimum Gasteiger partial charge on any atom is -0.456 e. The molecule has 5 aromatic heterocycles. The minimum atomic E-state index is 0.547. The lowest BCUT2D eigenvalue weighted by Gasteiger charge is -2.12. The number of thiophene rings is 1. The number of hydrogen-bond donors (Lipinski definition) is 0. The van der Waals surface area contributed by atoms with Gasteiger partial charge in [0.25, 0.3) is 0 Å². The fourth-order valence-corrected chi connectivity index (χ4v) is 10.1. The van der Waals surface area contributed by atoms with Gasteiger partial charge in [0.2, 0.25) is 5.95 Å². The van der Waals surface area contributed by atoms with E-state index in [1.807, 2.05) is 30.3 Å². The first-order valence-corrected chi connectivity index (χ1v) is 20.2. The smallest absolute Gasteiger partial charge is 0.238 e. The Morgan fingerprint density at radius 1 is 0.379 bits per heavy atom. The van der Waals surface area contributed by atoms with E-state index in [9.17, 15) is 0 Å². The normalized spacial score (nSPS) is 12.1. The number of rotatable bonds is 4. The van der Waals surface area contributed by atoms with Crippen molar-refractivity contribution >= 4 is 97.1 Å². The summed E-state index contributed by atoms with van der Waals surface area (Å²) in [5, 5.41) is 9.21. The summed E-state index contributed by atoms with van der Waals surface area (Å²) in [6, 6.07) is 61.9. The third-order valence-electron chi connectivity index (χ3n) is 11.6. The molecule has 7 heteroatoms. The van der Waals surface area contributed by atoms with Gasteiger partial charge in [0.05, 0.1) is 22.1 Å². The van der Waals surface area contributed by atoms with E-state index >= 15 is 0 Å². The van der Waals surface area contributed by atoms with Gasteiger partial charge in [-0.3, -0.25) is 4.57 Å². The van der Waals surface area contributed by atoms with E-state index < -0.39 is 0 Å². The zero-order chi connectivity index (χ0) is 37.9. The zero-order valence-electron chi connectivity index (χ0n) is 30.8. The maximum atomic E-state index is 6.46. The molecular formula is C51H29N5OS.